The summed E-state index contributed by atoms with van der Waals surface area (Å²) in [7, 11) is 0. The van der Waals surface area contributed by atoms with Crippen LogP contribution in [0.15, 0.2) is 30.3 Å². The van der Waals surface area contributed by atoms with Crippen LogP contribution in [-0.2, 0) is 33.4 Å². The highest BCUT2D eigenvalue weighted by Crippen LogP contribution is 2.27. The summed E-state index contributed by atoms with van der Waals surface area (Å²) in [5.41, 5.74) is 0.246. The minimum absolute atomic E-state index is 0.137. The van der Waals surface area contributed by atoms with E-state index in [9.17, 15) is 24.0 Å². The van der Waals surface area contributed by atoms with Gasteiger partial charge in [-0.05, 0) is 51.8 Å². The Kier molecular flexibility index (Phi) is 11.5. The number of ether oxygens (including phenoxy) is 3. The van der Waals surface area contributed by atoms with Gasteiger partial charge in [-0.3, -0.25) is 9.59 Å². The van der Waals surface area contributed by atoms with Crippen LogP contribution in [0.3, 0.4) is 0 Å². The lowest BCUT2D eigenvalue weighted by atomic mass is 10.0. The maximum absolute atomic E-state index is 12.5. The van der Waals surface area contributed by atoms with Crippen LogP contribution in [0.4, 0.5) is 4.79 Å². The van der Waals surface area contributed by atoms with Gasteiger partial charge in [-0.15, -0.1) is 0 Å². The first-order valence-electron chi connectivity index (χ1n) is 10.8. The number of hydrogen-bond donors (Lipinski definition) is 0. The van der Waals surface area contributed by atoms with Gasteiger partial charge in [0, 0.05) is 19.6 Å². The minimum atomic E-state index is -1.08. The van der Waals surface area contributed by atoms with Crippen molar-refractivity contribution in [2.45, 2.75) is 46.3 Å². The maximum Gasteiger partial charge on any atom is 0.410 e. The number of benzene rings is 1. The molecule has 1 aliphatic rings. The van der Waals surface area contributed by atoms with Gasteiger partial charge < -0.3 is 24.0 Å². The normalized spacial score (nSPS) is 15.4. The Hall–Kier alpha value is -3.14. The van der Waals surface area contributed by atoms with E-state index in [2.05, 4.69) is 4.74 Å². The second kappa shape index (κ2) is 13.5. The molecular formula is C23H31ClN2O8. The molecule has 1 aromatic rings. The predicted molar refractivity (Wildman–Crippen MR) is 123 cm³/mol. The largest absolute Gasteiger partial charge is 0.459 e. The lowest BCUT2D eigenvalue weighted by Gasteiger charge is -2.41. The zero-order chi connectivity index (χ0) is 25.9. The average Bonchev–Trinajstić information content (AvgIpc) is 2.78. The number of piperazine rings is 1. The van der Waals surface area contributed by atoms with Gasteiger partial charge in [0.15, 0.2) is 0 Å². The third kappa shape index (κ3) is 9.38. The summed E-state index contributed by atoms with van der Waals surface area (Å²) in [6.45, 7) is 9.76. The number of carbonyl (C=O) groups excluding carboxylic acids is 5. The zero-order valence-electron chi connectivity index (χ0n) is 20.0. The smallest absolute Gasteiger partial charge is 0.410 e. The second-order valence-electron chi connectivity index (χ2n) is 8.07. The molecule has 1 heterocycles. The van der Waals surface area contributed by atoms with Gasteiger partial charge in [-0.2, -0.15) is 0 Å². The van der Waals surface area contributed by atoms with Crippen molar-refractivity contribution in [3.05, 3.63) is 35.9 Å². The fourth-order valence-electron chi connectivity index (χ4n) is 2.98. The van der Waals surface area contributed by atoms with E-state index in [-0.39, 0.29) is 26.3 Å². The summed E-state index contributed by atoms with van der Waals surface area (Å²) in [5.74, 6) is -2.56. The summed E-state index contributed by atoms with van der Waals surface area (Å²) in [4.78, 5) is 59.7. The number of carbonyl (C=O) groups is 5. The van der Waals surface area contributed by atoms with E-state index in [4.69, 9.17) is 21.1 Å². The molecule has 0 aliphatic carbocycles. The van der Waals surface area contributed by atoms with E-state index < -0.39 is 40.8 Å². The van der Waals surface area contributed by atoms with Crippen molar-refractivity contribution in [3.63, 3.8) is 0 Å². The van der Waals surface area contributed by atoms with Gasteiger partial charge in [0.05, 0.1) is 19.3 Å². The van der Waals surface area contributed by atoms with Crippen LogP contribution in [0, 0.1) is 0 Å². The van der Waals surface area contributed by atoms with E-state index in [1.54, 1.807) is 39.5 Å². The average molecular weight is 499 g/mol. The lowest BCUT2D eigenvalue weighted by Crippen LogP contribution is -2.54. The first-order valence-corrected chi connectivity index (χ1v) is 11.2. The van der Waals surface area contributed by atoms with Gasteiger partial charge in [0.1, 0.15) is 5.60 Å². The predicted octanol–water partition coefficient (Wildman–Crippen LogP) is 2.69. The molecular weight excluding hydrogens is 468 g/mol. The Balaban J connectivity index is 0.000000620. The van der Waals surface area contributed by atoms with Gasteiger partial charge >= 0.3 is 29.2 Å². The number of hydrogen-bond acceptors (Lipinski definition) is 8. The van der Waals surface area contributed by atoms with E-state index in [1.807, 2.05) is 30.3 Å². The van der Waals surface area contributed by atoms with Crippen LogP contribution in [0.25, 0.3) is 0 Å². The Labute approximate surface area is 204 Å². The van der Waals surface area contributed by atoms with Crippen molar-refractivity contribution >= 4 is 40.8 Å². The molecule has 2 amide bonds. The standard InChI is InChI=1S/C19H26N2O5.C4H5ClO3/c1-5-25-17(23)16(22)21-12-11-20(18(24)26-19(2,3)4)13-15(21)14-9-7-6-8-10-14;1-2-8-4(7)3(5)6/h6-10,15H,5,11-13H2,1-4H3;2H2,1H3/t15-;/m1./s1. The Morgan fingerprint density at radius 2 is 1.50 bits per heavy atom. The van der Waals surface area contributed by atoms with Crippen molar-refractivity contribution in [2.75, 3.05) is 32.8 Å². The number of halogens is 1. The van der Waals surface area contributed by atoms with Crippen LogP contribution in [-0.4, -0.2) is 77.4 Å². The fraction of sp³-hybridized carbons (Fsp3) is 0.522. The molecule has 1 atom stereocenters. The molecule has 34 heavy (non-hydrogen) atoms. The van der Waals surface area contributed by atoms with Gasteiger partial charge in [-0.1, -0.05) is 30.3 Å². The van der Waals surface area contributed by atoms with Crippen molar-refractivity contribution in [2.24, 2.45) is 0 Å². The molecule has 2 rings (SSSR count). The van der Waals surface area contributed by atoms with Crippen molar-refractivity contribution in [1.82, 2.24) is 9.80 Å². The van der Waals surface area contributed by atoms with Crippen LogP contribution in [0.5, 0.6) is 0 Å². The third-order valence-corrected chi connectivity index (χ3v) is 4.52. The molecule has 0 N–H and O–H groups in total. The number of rotatable bonds is 4. The van der Waals surface area contributed by atoms with E-state index >= 15 is 0 Å². The quantitative estimate of drug-likeness (QED) is 0.269. The van der Waals surface area contributed by atoms with Crippen LogP contribution in [0.1, 0.15) is 46.2 Å². The number of nitrogens with zero attached hydrogens (tertiary/aromatic N) is 2. The molecule has 188 valence electrons. The minimum Gasteiger partial charge on any atom is -0.459 e. The van der Waals surface area contributed by atoms with Crippen LogP contribution < -0.4 is 0 Å². The SMILES string of the molecule is CCOC(=O)C(=O)Cl.CCOC(=O)C(=O)N1CCN(C(=O)OC(C)(C)C)C[C@@H]1c1ccccc1. The molecule has 11 heteroatoms. The Morgan fingerprint density at radius 3 is 1.97 bits per heavy atom. The highest BCUT2D eigenvalue weighted by molar-refractivity contribution is 6.80. The lowest BCUT2D eigenvalue weighted by molar-refractivity contribution is -0.162. The maximum atomic E-state index is 12.5. The van der Waals surface area contributed by atoms with Crippen molar-refractivity contribution in [3.8, 4) is 0 Å². The monoisotopic (exact) mass is 498 g/mol. The van der Waals surface area contributed by atoms with Gasteiger partial charge in [0.2, 0.25) is 0 Å². The number of amides is 2. The molecule has 0 unspecified atom stereocenters. The van der Waals surface area contributed by atoms with Crippen LogP contribution >= 0.6 is 11.6 Å². The first kappa shape index (κ1) is 28.9. The first-order chi connectivity index (χ1) is 15.9. The topological polar surface area (TPSA) is 120 Å². The summed E-state index contributed by atoms with van der Waals surface area (Å²) in [5, 5.41) is -1.08. The second-order valence-corrected chi connectivity index (χ2v) is 8.41. The van der Waals surface area contributed by atoms with Crippen LogP contribution in [0.2, 0.25) is 0 Å². The molecule has 0 aromatic heterocycles. The zero-order valence-corrected chi connectivity index (χ0v) is 20.8. The van der Waals surface area contributed by atoms with Crippen molar-refractivity contribution < 1.29 is 38.2 Å². The summed E-state index contributed by atoms with van der Waals surface area (Å²) in [6, 6.07) is 8.89. The molecule has 1 aliphatic heterocycles. The van der Waals surface area contributed by atoms with E-state index in [0.29, 0.717) is 6.54 Å². The molecule has 1 saturated heterocycles. The van der Waals surface area contributed by atoms with Gasteiger partial charge in [0.25, 0.3) is 0 Å². The molecule has 0 saturated carbocycles. The Bertz CT molecular complexity index is 869. The van der Waals surface area contributed by atoms with E-state index in [0.717, 1.165) is 5.56 Å². The van der Waals surface area contributed by atoms with Gasteiger partial charge in [-0.25, -0.2) is 14.4 Å². The third-order valence-electron chi connectivity index (χ3n) is 4.36. The highest BCUT2D eigenvalue weighted by Gasteiger charge is 2.37. The molecule has 1 fully saturated rings. The summed E-state index contributed by atoms with van der Waals surface area (Å²) >= 11 is 4.69. The molecule has 0 radical (unpaired) electrons. The summed E-state index contributed by atoms with van der Waals surface area (Å²) < 4.78 is 14.5. The molecule has 1 aromatic carbocycles. The van der Waals surface area contributed by atoms with E-state index in [1.165, 1.54) is 4.90 Å². The fourth-order valence-corrected chi connectivity index (χ4v) is 3.03. The van der Waals surface area contributed by atoms with Crippen molar-refractivity contribution in [1.29, 1.82) is 0 Å². The summed E-state index contributed by atoms with van der Waals surface area (Å²) in [6.07, 6.45) is -0.429. The highest BCUT2D eigenvalue weighted by atomic mass is 35.5. The molecule has 0 spiro atoms. The molecule has 0 bridgehead atoms. The molecule has 10 nitrogen and oxygen atoms in total. The number of esters is 2. The Morgan fingerprint density at radius 1 is 0.941 bits per heavy atom.